The Labute approximate surface area is 107 Å². The van der Waals surface area contributed by atoms with Crippen molar-refractivity contribution in [3.05, 3.63) is 36.2 Å². The van der Waals surface area contributed by atoms with Crippen molar-refractivity contribution >= 4 is 0 Å². The molecule has 3 rings (SSSR count). The van der Waals surface area contributed by atoms with Crippen LogP contribution in [0, 0.1) is 12.8 Å². The minimum Gasteiger partial charge on any atom is -0.361 e. The predicted octanol–water partition coefficient (Wildman–Crippen LogP) is 3.15. The van der Waals surface area contributed by atoms with E-state index in [1.165, 1.54) is 25.7 Å². The Kier molecular flexibility index (Phi) is 3.17. The van der Waals surface area contributed by atoms with Crippen molar-refractivity contribution in [1.29, 1.82) is 0 Å². The fourth-order valence-corrected chi connectivity index (χ4v) is 2.90. The molecule has 0 N–H and O–H groups in total. The number of hydrogen-bond donors (Lipinski definition) is 0. The van der Waals surface area contributed by atoms with E-state index in [2.05, 4.69) is 20.8 Å². The van der Waals surface area contributed by atoms with Gasteiger partial charge in [-0.2, -0.15) is 0 Å². The highest BCUT2D eigenvalue weighted by molar-refractivity contribution is 5.09. The third-order valence-corrected chi connectivity index (χ3v) is 3.92. The highest BCUT2D eigenvalue weighted by Gasteiger charge is 2.25. The third-order valence-electron chi connectivity index (χ3n) is 3.92. The number of aryl methyl sites for hydroxylation is 1. The highest BCUT2D eigenvalue weighted by atomic mass is 16.5. The maximum Gasteiger partial charge on any atom is 0.140 e. The molecule has 0 bridgehead atoms. The molecule has 1 saturated carbocycles. The molecular formula is C14H19N3O. The van der Waals surface area contributed by atoms with Gasteiger partial charge in [-0.25, -0.2) is 4.98 Å². The predicted molar refractivity (Wildman–Crippen MR) is 68.2 cm³/mol. The maximum absolute atomic E-state index is 5.38. The van der Waals surface area contributed by atoms with Crippen LogP contribution >= 0.6 is 0 Å². The van der Waals surface area contributed by atoms with E-state index >= 15 is 0 Å². The van der Waals surface area contributed by atoms with Crippen LogP contribution in [0.1, 0.15) is 43.1 Å². The number of nitrogens with zero attached hydrogens (tertiary/aromatic N) is 3. The van der Waals surface area contributed by atoms with Crippen LogP contribution in [-0.4, -0.2) is 14.7 Å². The molecule has 4 nitrogen and oxygen atoms in total. The van der Waals surface area contributed by atoms with Gasteiger partial charge in [0.15, 0.2) is 0 Å². The summed E-state index contributed by atoms with van der Waals surface area (Å²) in [7, 11) is 0. The first kappa shape index (κ1) is 11.5. The lowest BCUT2D eigenvalue weighted by atomic mass is 9.81. The zero-order valence-electron chi connectivity index (χ0n) is 10.7. The molecule has 0 unspecified atom stereocenters. The summed E-state index contributed by atoms with van der Waals surface area (Å²) in [6.07, 6.45) is 10.8. The van der Waals surface area contributed by atoms with Crippen molar-refractivity contribution in [2.24, 2.45) is 5.92 Å². The zero-order valence-corrected chi connectivity index (χ0v) is 10.7. The molecule has 0 spiro atoms. The molecule has 0 amide bonds. The van der Waals surface area contributed by atoms with Crippen LogP contribution < -0.4 is 0 Å². The standard InChI is InChI=1S/C14H19N3O/c1-11-8-14(18-16-11)13-4-2-12(3-5-13)9-17-7-6-15-10-17/h6-8,10,12-13H,2-5,9H2,1H3. The van der Waals surface area contributed by atoms with Gasteiger partial charge >= 0.3 is 0 Å². The molecule has 0 radical (unpaired) electrons. The lowest BCUT2D eigenvalue weighted by Gasteiger charge is -2.27. The monoisotopic (exact) mass is 245 g/mol. The van der Waals surface area contributed by atoms with Gasteiger partial charge < -0.3 is 9.09 Å². The average molecular weight is 245 g/mol. The van der Waals surface area contributed by atoms with Gasteiger partial charge in [-0.1, -0.05) is 5.16 Å². The summed E-state index contributed by atoms with van der Waals surface area (Å²) in [6.45, 7) is 3.08. The molecule has 1 fully saturated rings. The zero-order chi connectivity index (χ0) is 12.4. The van der Waals surface area contributed by atoms with Crippen molar-refractivity contribution in [2.75, 3.05) is 0 Å². The van der Waals surface area contributed by atoms with Crippen LogP contribution in [0.15, 0.2) is 29.3 Å². The fourth-order valence-electron chi connectivity index (χ4n) is 2.90. The largest absolute Gasteiger partial charge is 0.361 e. The first-order chi connectivity index (χ1) is 8.81. The average Bonchev–Trinajstić information content (AvgIpc) is 3.02. The summed E-state index contributed by atoms with van der Waals surface area (Å²) in [4.78, 5) is 4.09. The summed E-state index contributed by atoms with van der Waals surface area (Å²) in [6, 6.07) is 2.08. The molecule has 1 aliphatic carbocycles. The summed E-state index contributed by atoms with van der Waals surface area (Å²) < 4.78 is 7.56. The molecular weight excluding hydrogens is 226 g/mol. The summed E-state index contributed by atoms with van der Waals surface area (Å²) >= 11 is 0. The van der Waals surface area contributed by atoms with Crippen LogP contribution in [0.4, 0.5) is 0 Å². The Balaban J connectivity index is 1.55. The van der Waals surface area contributed by atoms with E-state index in [1.54, 1.807) is 0 Å². The van der Waals surface area contributed by atoms with Crippen molar-refractivity contribution in [3.63, 3.8) is 0 Å². The fraction of sp³-hybridized carbons (Fsp3) is 0.571. The number of hydrogen-bond acceptors (Lipinski definition) is 3. The smallest absolute Gasteiger partial charge is 0.140 e. The topological polar surface area (TPSA) is 43.9 Å². The first-order valence-corrected chi connectivity index (χ1v) is 6.70. The van der Waals surface area contributed by atoms with Gasteiger partial charge in [0.2, 0.25) is 0 Å². The molecule has 2 heterocycles. The lowest BCUT2D eigenvalue weighted by molar-refractivity contribution is 0.259. The van der Waals surface area contributed by atoms with Crippen molar-refractivity contribution in [1.82, 2.24) is 14.7 Å². The summed E-state index contributed by atoms with van der Waals surface area (Å²) in [5.41, 5.74) is 0.991. The summed E-state index contributed by atoms with van der Waals surface area (Å²) in [5, 5.41) is 3.98. The van der Waals surface area contributed by atoms with Crippen LogP contribution in [0.25, 0.3) is 0 Å². The third kappa shape index (κ3) is 2.47. The normalized spacial score (nSPS) is 24.3. The van der Waals surface area contributed by atoms with E-state index in [0.717, 1.165) is 23.9 Å². The molecule has 18 heavy (non-hydrogen) atoms. The number of rotatable bonds is 3. The van der Waals surface area contributed by atoms with Crippen molar-refractivity contribution in [2.45, 2.75) is 45.1 Å². The molecule has 2 aromatic rings. The van der Waals surface area contributed by atoms with E-state index in [9.17, 15) is 0 Å². The molecule has 0 aromatic carbocycles. The maximum atomic E-state index is 5.38. The van der Waals surface area contributed by atoms with Crippen molar-refractivity contribution < 1.29 is 4.52 Å². The lowest BCUT2D eigenvalue weighted by Crippen LogP contribution is -2.17. The molecule has 96 valence electrons. The Hall–Kier alpha value is -1.58. The second-order valence-electron chi connectivity index (χ2n) is 5.35. The van der Waals surface area contributed by atoms with Crippen LogP contribution in [0.2, 0.25) is 0 Å². The number of imidazole rings is 1. The van der Waals surface area contributed by atoms with Gasteiger partial charge in [0.1, 0.15) is 5.76 Å². The van der Waals surface area contributed by atoms with Crippen LogP contribution in [-0.2, 0) is 6.54 Å². The molecule has 2 aromatic heterocycles. The van der Waals surface area contributed by atoms with E-state index in [0.29, 0.717) is 5.92 Å². The van der Waals surface area contributed by atoms with E-state index in [-0.39, 0.29) is 0 Å². The van der Waals surface area contributed by atoms with Gasteiger partial charge in [0.25, 0.3) is 0 Å². The van der Waals surface area contributed by atoms with Gasteiger partial charge in [-0.3, -0.25) is 0 Å². The minimum absolute atomic E-state index is 0.574. The van der Waals surface area contributed by atoms with E-state index < -0.39 is 0 Å². The second kappa shape index (κ2) is 4.96. The van der Waals surface area contributed by atoms with Gasteiger partial charge in [0.05, 0.1) is 12.0 Å². The van der Waals surface area contributed by atoms with E-state index in [4.69, 9.17) is 4.52 Å². The van der Waals surface area contributed by atoms with Gasteiger partial charge in [-0.15, -0.1) is 0 Å². The minimum atomic E-state index is 0.574. The van der Waals surface area contributed by atoms with Crippen LogP contribution in [0.5, 0.6) is 0 Å². The quantitative estimate of drug-likeness (QED) is 0.834. The van der Waals surface area contributed by atoms with Crippen molar-refractivity contribution in [3.8, 4) is 0 Å². The first-order valence-electron chi connectivity index (χ1n) is 6.70. The Morgan fingerprint density at radius 1 is 1.33 bits per heavy atom. The molecule has 4 heteroatoms. The van der Waals surface area contributed by atoms with Crippen LogP contribution in [0.3, 0.4) is 0 Å². The Bertz CT molecular complexity index is 481. The molecule has 0 saturated heterocycles. The molecule has 0 atom stereocenters. The molecule has 0 aliphatic heterocycles. The summed E-state index contributed by atoms with van der Waals surface area (Å²) in [5.74, 6) is 2.43. The van der Waals surface area contributed by atoms with Gasteiger partial charge in [-0.05, 0) is 38.5 Å². The second-order valence-corrected chi connectivity index (χ2v) is 5.35. The Morgan fingerprint density at radius 2 is 2.17 bits per heavy atom. The molecule has 1 aliphatic rings. The van der Waals surface area contributed by atoms with E-state index in [1.807, 2.05) is 25.6 Å². The number of aromatic nitrogens is 3. The SMILES string of the molecule is Cc1cc(C2CCC(Cn3ccnc3)CC2)on1. The highest BCUT2D eigenvalue weighted by Crippen LogP contribution is 2.36. The Morgan fingerprint density at radius 3 is 2.78 bits per heavy atom. The van der Waals surface area contributed by atoms with Gasteiger partial charge in [0, 0.05) is 30.9 Å².